The summed E-state index contributed by atoms with van der Waals surface area (Å²) >= 11 is 1.74. The molecule has 5 heterocycles. The quantitative estimate of drug-likeness (QED) is 0.497. The molecule has 1 saturated heterocycles. The van der Waals surface area contributed by atoms with E-state index >= 15 is 0 Å². The molecule has 5 rings (SSSR count). The van der Waals surface area contributed by atoms with Gasteiger partial charge in [0.15, 0.2) is 11.5 Å². The van der Waals surface area contributed by atoms with Crippen molar-refractivity contribution >= 4 is 17.0 Å². The van der Waals surface area contributed by atoms with Crippen LogP contribution < -0.4 is 4.74 Å². The third kappa shape index (κ3) is 3.75. The summed E-state index contributed by atoms with van der Waals surface area (Å²) in [6.07, 6.45) is 6.11. The molecule has 0 N–H and O–H groups in total. The molecule has 0 saturated carbocycles. The Hall–Kier alpha value is -2.77. The number of likely N-dealkylation sites (tertiary alicyclic amines) is 1. The maximum Gasteiger partial charge on any atom is 0.217 e. The number of hydrogen-bond acceptors (Lipinski definition) is 6. The SMILES string of the molecule is COc1ncccc1CN1CCC[C@H](c2nc3ccc(-c4cccs4)cn3n2)C1. The van der Waals surface area contributed by atoms with Gasteiger partial charge in [0.1, 0.15) is 0 Å². The van der Waals surface area contributed by atoms with Gasteiger partial charge in [-0.25, -0.2) is 14.5 Å². The highest BCUT2D eigenvalue weighted by Gasteiger charge is 2.25. The number of pyridine rings is 2. The lowest BCUT2D eigenvalue weighted by atomic mass is 9.97. The van der Waals surface area contributed by atoms with Crippen LogP contribution >= 0.6 is 11.3 Å². The second kappa shape index (κ2) is 7.93. The van der Waals surface area contributed by atoms with Gasteiger partial charge in [0.25, 0.3) is 0 Å². The summed E-state index contributed by atoms with van der Waals surface area (Å²) < 4.78 is 7.34. The zero-order valence-corrected chi connectivity index (χ0v) is 17.2. The summed E-state index contributed by atoms with van der Waals surface area (Å²) in [6, 6.07) is 12.5. The fraction of sp³-hybridized carbons (Fsp3) is 0.318. The smallest absolute Gasteiger partial charge is 0.217 e. The van der Waals surface area contributed by atoms with Gasteiger partial charge in [-0.3, -0.25) is 4.90 Å². The summed E-state index contributed by atoms with van der Waals surface area (Å²) in [5, 5.41) is 6.93. The van der Waals surface area contributed by atoms with Gasteiger partial charge in [0.05, 0.1) is 7.11 Å². The predicted octanol–water partition coefficient (Wildman–Crippen LogP) is 4.24. The van der Waals surface area contributed by atoms with Crippen LogP contribution in [0.25, 0.3) is 16.1 Å². The van der Waals surface area contributed by atoms with Crippen LogP contribution in [0.1, 0.15) is 30.1 Å². The molecule has 148 valence electrons. The Bertz CT molecular complexity index is 1110. The van der Waals surface area contributed by atoms with Crippen LogP contribution in [0, 0.1) is 0 Å². The summed E-state index contributed by atoms with van der Waals surface area (Å²) in [5.41, 5.74) is 3.21. The molecule has 1 aliphatic heterocycles. The van der Waals surface area contributed by atoms with Crippen molar-refractivity contribution in [3.8, 4) is 16.3 Å². The minimum Gasteiger partial charge on any atom is -0.481 e. The second-order valence-corrected chi connectivity index (χ2v) is 8.36. The monoisotopic (exact) mass is 405 g/mol. The van der Waals surface area contributed by atoms with Crippen molar-refractivity contribution in [1.82, 2.24) is 24.5 Å². The van der Waals surface area contributed by atoms with Crippen molar-refractivity contribution in [3.05, 3.63) is 65.6 Å². The molecule has 1 atom stereocenters. The van der Waals surface area contributed by atoms with Crippen LogP contribution in [0.4, 0.5) is 0 Å². The number of hydrogen-bond donors (Lipinski definition) is 0. The largest absolute Gasteiger partial charge is 0.481 e. The second-order valence-electron chi connectivity index (χ2n) is 7.41. The Morgan fingerprint density at radius 3 is 3.03 bits per heavy atom. The zero-order chi connectivity index (χ0) is 19.6. The minimum absolute atomic E-state index is 0.344. The number of aromatic nitrogens is 4. The highest BCUT2D eigenvalue weighted by Crippen LogP contribution is 2.29. The Morgan fingerprint density at radius 1 is 1.21 bits per heavy atom. The first kappa shape index (κ1) is 18.3. The summed E-state index contributed by atoms with van der Waals surface area (Å²) in [7, 11) is 1.68. The normalized spacial score (nSPS) is 17.6. The summed E-state index contributed by atoms with van der Waals surface area (Å²) in [6.45, 7) is 2.86. The van der Waals surface area contributed by atoms with E-state index in [0.717, 1.165) is 49.5 Å². The van der Waals surface area contributed by atoms with Crippen LogP contribution in [-0.4, -0.2) is 44.7 Å². The Balaban J connectivity index is 1.35. The number of thiophene rings is 1. The Kier molecular flexibility index (Phi) is 4.99. The first-order valence-corrected chi connectivity index (χ1v) is 10.8. The van der Waals surface area contributed by atoms with Crippen molar-refractivity contribution in [3.63, 3.8) is 0 Å². The molecule has 0 aliphatic carbocycles. The number of methoxy groups -OCH3 is 1. The zero-order valence-electron chi connectivity index (χ0n) is 16.4. The molecule has 6 nitrogen and oxygen atoms in total. The third-order valence-corrected chi connectivity index (χ3v) is 6.38. The van der Waals surface area contributed by atoms with Crippen molar-refractivity contribution in [2.45, 2.75) is 25.3 Å². The van der Waals surface area contributed by atoms with E-state index in [2.05, 4.69) is 51.8 Å². The highest BCUT2D eigenvalue weighted by atomic mass is 32.1. The number of piperidine rings is 1. The first-order valence-electron chi connectivity index (χ1n) is 9.90. The first-order chi connectivity index (χ1) is 14.3. The molecular weight excluding hydrogens is 382 g/mol. The number of ether oxygens (including phenoxy) is 1. The average molecular weight is 406 g/mol. The molecule has 29 heavy (non-hydrogen) atoms. The van der Waals surface area contributed by atoms with E-state index in [1.807, 2.05) is 10.6 Å². The van der Waals surface area contributed by atoms with Crippen LogP contribution in [0.2, 0.25) is 0 Å². The van der Waals surface area contributed by atoms with Crippen molar-refractivity contribution < 1.29 is 4.74 Å². The minimum atomic E-state index is 0.344. The maximum atomic E-state index is 5.42. The van der Waals surface area contributed by atoms with E-state index in [9.17, 15) is 0 Å². The van der Waals surface area contributed by atoms with E-state index in [0.29, 0.717) is 11.8 Å². The van der Waals surface area contributed by atoms with Crippen LogP contribution in [-0.2, 0) is 6.54 Å². The molecule has 0 aromatic carbocycles. The average Bonchev–Trinajstić information content (AvgIpc) is 3.44. The molecule has 4 aromatic rings. The lowest BCUT2D eigenvalue weighted by Crippen LogP contribution is -2.34. The van der Waals surface area contributed by atoms with Crippen molar-refractivity contribution in [2.24, 2.45) is 0 Å². The van der Waals surface area contributed by atoms with E-state index in [1.165, 1.54) is 10.4 Å². The van der Waals surface area contributed by atoms with Crippen molar-refractivity contribution in [1.29, 1.82) is 0 Å². The molecular formula is C22H23N5OS. The molecule has 0 unspecified atom stereocenters. The van der Waals surface area contributed by atoms with Gasteiger partial charge in [0.2, 0.25) is 5.88 Å². The number of nitrogens with zero attached hydrogens (tertiary/aromatic N) is 5. The van der Waals surface area contributed by atoms with Crippen LogP contribution in [0.3, 0.4) is 0 Å². The van der Waals surface area contributed by atoms with Gasteiger partial charge in [-0.1, -0.05) is 12.1 Å². The van der Waals surface area contributed by atoms with Crippen molar-refractivity contribution in [2.75, 3.05) is 20.2 Å². The number of fused-ring (bicyclic) bond motifs is 1. The van der Waals surface area contributed by atoms with E-state index < -0.39 is 0 Å². The Labute approximate surface area is 173 Å². The highest BCUT2D eigenvalue weighted by molar-refractivity contribution is 7.13. The summed E-state index contributed by atoms with van der Waals surface area (Å²) in [4.78, 5) is 12.9. The topological polar surface area (TPSA) is 55.5 Å². The van der Waals surface area contributed by atoms with Gasteiger partial charge < -0.3 is 4.74 Å². The van der Waals surface area contributed by atoms with E-state index in [1.54, 1.807) is 24.6 Å². The van der Waals surface area contributed by atoms with E-state index in [-0.39, 0.29) is 0 Å². The molecule has 4 aromatic heterocycles. The third-order valence-electron chi connectivity index (χ3n) is 5.46. The van der Waals surface area contributed by atoms with Gasteiger partial charge >= 0.3 is 0 Å². The lowest BCUT2D eigenvalue weighted by molar-refractivity contribution is 0.194. The van der Waals surface area contributed by atoms with Crippen LogP contribution in [0.5, 0.6) is 5.88 Å². The van der Waals surface area contributed by atoms with Gasteiger partial charge in [0, 0.05) is 47.4 Å². The molecule has 7 heteroatoms. The molecule has 0 amide bonds. The maximum absolute atomic E-state index is 5.42. The van der Waals surface area contributed by atoms with Crippen LogP contribution in [0.15, 0.2) is 54.2 Å². The fourth-order valence-electron chi connectivity index (χ4n) is 4.04. The molecule has 1 aliphatic rings. The molecule has 0 spiro atoms. The standard InChI is InChI=1S/C22H23N5OS/c1-28-22-18(5-2-10-23-22)14-26-11-3-6-17(13-26)21-24-20-9-8-16(15-27(20)25-21)19-7-4-12-29-19/h2,4-5,7-10,12,15,17H,3,6,11,13-14H2,1H3/t17-/m0/s1. The summed E-state index contributed by atoms with van der Waals surface area (Å²) in [5.74, 6) is 1.99. The van der Waals surface area contributed by atoms with Gasteiger partial charge in [-0.05, 0) is 49.0 Å². The molecule has 0 bridgehead atoms. The fourth-order valence-corrected chi connectivity index (χ4v) is 4.76. The molecule has 1 fully saturated rings. The van der Waals surface area contributed by atoms with E-state index in [4.69, 9.17) is 14.8 Å². The molecule has 0 radical (unpaired) electrons. The van der Waals surface area contributed by atoms with Gasteiger partial charge in [-0.15, -0.1) is 11.3 Å². The number of rotatable bonds is 5. The Morgan fingerprint density at radius 2 is 2.17 bits per heavy atom. The predicted molar refractivity (Wildman–Crippen MR) is 114 cm³/mol. The van der Waals surface area contributed by atoms with Gasteiger partial charge in [-0.2, -0.15) is 5.10 Å². The lowest BCUT2D eigenvalue weighted by Gasteiger charge is -2.31.